The fourth-order valence-electron chi connectivity index (χ4n) is 10.5. The van der Waals surface area contributed by atoms with Crippen molar-refractivity contribution in [2.24, 2.45) is 16.3 Å². The van der Waals surface area contributed by atoms with E-state index < -0.39 is 24.3 Å². The lowest BCUT2D eigenvalue weighted by atomic mass is 9.90. The molecule has 1 aliphatic carbocycles. The van der Waals surface area contributed by atoms with Crippen molar-refractivity contribution in [1.29, 1.82) is 0 Å². The van der Waals surface area contributed by atoms with Gasteiger partial charge in [-0.2, -0.15) is 0 Å². The molecule has 5 heterocycles. The summed E-state index contributed by atoms with van der Waals surface area (Å²) < 4.78 is 15.4. The number of H-pyrrole nitrogens is 1. The van der Waals surface area contributed by atoms with Crippen LogP contribution in [0.15, 0.2) is 108 Å². The molecule has 5 aliphatic rings. The monoisotopic (exact) mass is 889 g/mol. The Balaban J connectivity index is 0.798. The van der Waals surface area contributed by atoms with Crippen LogP contribution < -0.4 is 10.6 Å². The first-order valence-electron chi connectivity index (χ1n) is 23.1. The van der Waals surface area contributed by atoms with E-state index in [1.807, 2.05) is 47.6 Å². The molecule has 14 heteroatoms. The number of carbonyl (C=O) groups excluding carboxylic acids is 4. The quantitative estimate of drug-likeness (QED) is 0.119. The van der Waals surface area contributed by atoms with Crippen LogP contribution in [0.2, 0.25) is 0 Å². The van der Waals surface area contributed by atoms with Gasteiger partial charge in [-0.05, 0) is 107 Å². The Morgan fingerprint density at radius 3 is 2.18 bits per heavy atom. The molecule has 4 fully saturated rings. The van der Waals surface area contributed by atoms with E-state index in [1.165, 1.54) is 14.2 Å². The van der Waals surface area contributed by atoms with Gasteiger partial charge in [0.15, 0.2) is 0 Å². The molecule has 1 spiro atoms. The highest BCUT2D eigenvalue weighted by Gasteiger charge is 2.55. The smallest absolute Gasteiger partial charge is 0.407 e. The number of aromatic amines is 1. The number of benzene rings is 4. The number of ether oxygens (including phenoxy) is 3. The summed E-state index contributed by atoms with van der Waals surface area (Å²) in [5.74, 6) is 0.449. The van der Waals surface area contributed by atoms with E-state index in [4.69, 9.17) is 24.2 Å². The van der Waals surface area contributed by atoms with Gasteiger partial charge in [-0.1, -0.05) is 78.9 Å². The van der Waals surface area contributed by atoms with E-state index in [9.17, 15) is 19.2 Å². The summed E-state index contributed by atoms with van der Waals surface area (Å²) in [5.41, 5.74) is 8.13. The highest BCUT2D eigenvalue weighted by Crippen LogP contribution is 2.56. The van der Waals surface area contributed by atoms with Gasteiger partial charge in [-0.15, -0.1) is 0 Å². The molecule has 0 radical (unpaired) electrons. The fourth-order valence-corrected chi connectivity index (χ4v) is 10.5. The zero-order chi connectivity index (χ0) is 45.4. The van der Waals surface area contributed by atoms with Crippen LogP contribution in [0.1, 0.15) is 80.4 Å². The molecule has 3 N–H and O–H groups in total. The lowest BCUT2D eigenvalue weighted by Crippen LogP contribution is -2.55. The number of aliphatic imine (C=N–C) groups is 1. The molecule has 14 nitrogen and oxygen atoms in total. The molecular formula is C52H55N7O7. The van der Waals surface area contributed by atoms with Gasteiger partial charge in [-0.3, -0.25) is 14.6 Å². The molecule has 0 unspecified atom stereocenters. The van der Waals surface area contributed by atoms with E-state index in [0.29, 0.717) is 57.0 Å². The Hall–Kier alpha value is -6.80. The molecule has 10 rings (SSSR count). The summed E-state index contributed by atoms with van der Waals surface area (Å²) in [6.07, 6.45) is 9.32. The van der Waals surface area contributed by atoms with Crippen LogP contribution in [0, 0.1) is 11.3 Å². The SMILES string of the molecule is COC(=O)N[C@H](C(=O)N1CC2(CC2)C[C@H]1C1=NC=C(c2ccc(-c3ccc4cc(-c5cnc([C@@H]6CCCN6C(=O)[C@H](NC(=O)OC)c6ccccc6)[nH]5)ccc4c3)cc2)C1)C1CCOCC1. The second kappa shape index (κ2) is 18.2. The molecule has 4 atom stereocenters. The minimum absolute atomic E-state index is 0.00890. The summed E-state index contributed by atoms with van der Waals surface area (Å²) >= 11 is 0. The highest BCUT2D eigenvalue weighted by atomic mass is 16.5. The number of rotatable bonds is 11. The molecular weight excluding hydrogens is 835 g/mol. The number of fused-ring (bicyclic) bond motifs is 1. The minimum atomic E-state index is -0.880. The third-order valence-corrected chi connectivity index (χ3v) is 14.4. The van der Waals surface area contributed by atoms with Crippen molar-refractivity contribution < 1.29 is 33.4 Å². The second-order valence-electron chi connectivity index (χ2n) is 18.4. The van der Waals surface area contributed by atoms with Crippen molar-refractivity contribution in [3.8, 4) is 22.4 Å². The van der Waals surface area contributed by atoms with Gasteiger partial charge < -0.3 is 39.6 Å². The minimum Gasteiger partial charge on any atom is -0.453 e. The van der Waals surface area contributed by atoms with E-state index in [-0.39, 0.29) is 35.2 Å². The van der Waals surface area contributed by atoms with Crippen molar-refractivity contribution in [2.45, 2.75) is 75.5 Å². The Kier molecular flexibility index (Phi) is 11.9. The van der Waals surface area contributed by atoms with Crippen LogP contribution in [0.25, 0.3) is 38.7 Å². The van der Waals surface area contributed by atoms with Crippen LogP contribution in [0.3, 0.4) is 0 Å². The van der Waals surface area contributed by atoms with Crippen molar-refractivity contribution in [3.05, 3.63) is 120 Å². The average molecular weight is 890 g/mol. The average Bonchev–Trinajstić information content (AvgIpc) is 3.90. The number of alkyl carbamates (subject to hydrolysis) is 2. The number of aromatic nitrogens is 2. The number of hydrogen-bond donors (Lipinski definition) is 3. The standard InChI is InChI=1S/C52H55N7O7/c1-64-50(62)56-45(34-7-4-3-5-8-34)48(60)58-22-6-9-43(58)47-54-30-42(55-47)39-17-16-37-25-36(14-15-38(37)26-39)32-10-12-33(13-11-32)40-27-41(53-29-40)44-28-52(20-21-52)31-59(44)49(61)46(57-51(63)65-2)35-18-23-66-24-19-35/h3-5,7-8,10-17,25-26,29-30,35,43-46H,6,9,18-24,27-28,31H2,1-2H3,(H,54,55)(H,56,62)(H,57,63)/t43-,44-,45+,46-/m0/s1. The van der Waals surface area contributed by atoms with Crippen LogP contribution in [0.5, 0.6) is 0 Å². The first kappa shape index (κ1) is 43.1. The Labute approximate surface area is 383 Å². The third kappa shape index (κ3) is 8.69. The first-order chi connectivity index (χ1) is 32.2. The Bertz CT molecular complexity index is 2700. The normalized spacial score (nSPS) is 21.0. The number of likely N-dealkylation sites (tertiary alicyclic amines) is 2. The zero-order valence-electron chi connectivity index (χ0n) is 37.3. The van der Waals surface area contributed by atoms with Crippen molar-refractivity contribution in [2.75, 3.05) is 40.5 Å². The number of allylic oxidation sites excluding steroid dienone is 1. The van der Waals surface area contributed by atoms with Crippen LogP contribution in [-0.4, -0.2) is 102 Å². The topological polar surface area (TPSA) is 168 Å². The number of nitrogens with zero attached hydrogens (tertiary/aromatic N) is 4. The zero-order valence-corrected chi connectivity index (χ0v) is 37.3. The molecule has 0 bridgehead atoms. The third-order valence-electron chi connectivity index (χ3n) is 14.4. The molecule has 3 saturated heterocycles. The second-order valence-corrected chi connectivity index (χ2v) is 18.4. The summed E-state index contributed by atoms with van der Waals surface area (Å²) in [6.45, 7) is 2.40. The van der Waals surface area contributed by atoms with Crippen LogP contribution in [-0.2, 0) is 23.8 Å². The molecule has 340 valence electrons. The molecule has 66 heavy (non-hydrogen) atoms. The number of hydrogen-bond acceptors (Lipinski definition) is 9. The van der Waals surface area contributed by atoms with Gasteiger partial charge in [0.05, 0.1) is 38.2 Å². The van der Waals surface area contributed by atoms with Gasteiger partial charge in [0.1, 0.15) is 17.9 Å². The van der Waals surface area contributed by atoms with E-state index in [1.54, 1.807) is 4.90 Å². The van der Waals surface area contributed by atoms with Crippen molar-refractivity contribution in [1.82, 2.24) is 30.4 Å². The summed E-state index contributed by atoms with van der Waals surface area (Å²) in [6, 6.07) is 28.8. The van der Waals surface area contributed by atoms with Gasteiger partial charge in [0, 0.05) is 50.2 Å². The van der Waals surface area contributed by atoms with E-state index in [0.717, 1.165) is 82.1 Å². The molecule has 1 saturated carbocycles. The highest BCUT2D eigenvalue weighted by molar-refractivity contribution is 6.04. The number of amides is 4. The lowest BCUT2D eigenvalue weighted by molar-refractivity contribution is -0.136. The van der Waals surface area contributed by atoms with Gasteiger partial charge in [-0.25, -0.2) is 14.6 Å². The molecule has 1 aromatic heterocycles. The first-order valence-corrected chi connectivity index (χ1v) is 23.1. The number of nitrogens with one attached hydrogen (secondary N) is 3. The summed E-state index contributed by atoms with van der Waals surface area (Å²) in [5, 5.41) is 7.81. The number of carbonyl (C=O) groups is 4. The largest absolute Gasteiger partial charge is 0.453 e. The van der Waals surface area contributed by atoms with Gasteiger partial charge >= 0.3 is 12.2 Å². The number of imidazole rings is 1. The van der Waals surface area contributed by atoms with Crippen LogP contribution >= 0.6 is 0 Å². The maximum Gasteiger partial charge on any atom is 0.407 e. The maximum atomic E-state index is 14.3. The Morgan fingerprint density at radius 1 is 0.773 bits per heavy atom. The van der Waals surface area contributed by atoms with Crippen molar-refractivity contribution >= 4 is 46.1 Å². The molecule has 4 amide bonds. The number of methoxy groups -OCH3 is 2. The van der Waals surface area contributed by atoms with Crippen molar-refractivity contribution in [3.63, 3.8) is 0 Å². The maximum absolute atomic E-state index is 14.3. The predicted molar refractivity (Wildman–Crippen MR) is 250 cm³/mol. The molecule has 5 aromatic rings. The Morgan fingerprint density at radius 2 is 1.45 bits per heavy atom. The van der Waals surface area contributed by atoms with Gasteiger partial charge in [0.25, 0.3) is 5.91 Å². The fraction of sp³-hybridized carbons (Fsp3) is 0.385. The molecule has 4 aromatic carbocycles. The van der Waals surface area contributed by atoms with E-state index >= 15 is 0 Å². The molecule has 4 aliphatic heterocycles. The van der Waals surface area contributed by atoms with E-state index in [2.05, 4.69) is 76.3 Å². The summed E-state index contributed by atoms with van der Waals surface area (Å²) in [7, 11) is 2.62. The summed E-state index contributed by atoms with van der Waals surface area (Å²) in [4.78, 5) is 70.0. The van der Waals surface area contributed by atoms with Gasteiger partial charge in [0.2, 0.25) is 5.91 Å². The lowest BCUT2D eigenvalue weighted by Gasteiger charge is -2.34. The van der Waals surface area contributed by atoms with Crippen LogP contribution in [0.4, 0.5) is 9.59 Å². The predicted octanol–water partition coefficient (Wildman–Crippen LogP) is 8.38.